The number of rotatable bonds is 5. The molecule has 88 valence electrons. The number of hydrogen-bond acceptors (Lipinski definition) is 3. The molecule has 1 rings (SSSR count). The summed E-state index contributed by atoms with van der Waals surface area (Å²) in [5.74, 6) is 0.826. The predicted molar refractivity (Wildman–Crippen MR) is 69.2 cm³/mol. The van der Waals surface area contributed by atoms with E-state index in [4.69, 9.17) is 15.9 Å². The fourth-order valence-corrected chi connectivity index (χ4v) is 1.62. The first-order chi connectivity index (χ1) is 7.50. The molecule has 0 saturated heterocycles. The molecule has 0 radical (unpaired) electrons. The third kappa shape index (κ3) is 3.83. The SMILES string of the molecule is CN(C)CCOc1ccc(C(=N)N)cc1Br. The largest absolute Gasteiger partial charge is 0.491 e. The Morgan fingerprint density at radius 2 is 2.19 bits per heavy atom. The molecule has 0 unspecified atom stereocenters. The lowest BCUT2D eigenvalue weighted by atomic mass is 10.2. The lowest BCUT2D eigenvalue weighted by Gasteiger charge is -2.12. The van der Waals surface area contributed by atoms with Crippen LogP contribution in [0.5, 0.6) is 5.75 Å². The smallest absolute Gasteiger partial charge is 0.133 e. The minimum Gasteiger partial charge on any atom is -0.491 e. The first-order valence-corrected chi connectivity index (χ1v) is 5.71. The Morgan fingerprint density at radius 1 is 1.50 bits per heavy atom. The zero-order valence-corrected chi connectivity index (χ0v) is 11.0. The summed E-state index contributed by atoms with van der Waals surface area (Å²) >= 11 is 3.39. The van der Waals surface area contributed by atoms with Crippen molar-refractivity contribution in [1.82, 2.24) is 4.90 Å². The van der Waals surface area contributed by atoms with Gasteiger partial charge in [0.25, 0.3) is 0 Å². The standard InChI is InChI=1S/C11H16BrN3O/c1-15(2)5-6-16-10-4-3-8(11(13)14)7-9(10)12/h3-4,7H,5-6H2,1-2H3,(H3,13,14). The van der Waals surface area contributed by atoms with E-state index in [0.717, 1.165) is 16.8 Å². The van der Waals surface area contributed by atoms with Gasteiger partial charge in [-0.15, -0.1) is 0 Å². The molecule has 0 atom stereocenters. The zero-order chi connectivity index (χ0) is 12.1. The van der Waals surface area contributed by atoms with Crippen LogP contribution < -0.4 is 10.5 Å². The van der Waals surface area contributed by atoms with Crippen molar-refractivity contribution in [1.29, 1.82) is 5.41 Å². The van der Waals surface area contributed by atoms with Gasteiger partial charge in [0.1, 0.15) is 18.2 Å². The van der Waals surface area contributed by atoms with Crippen LogP contribution in [0.1, 0.15) is 5.56 Å². The molecule has 0 spiro atoms. The summed E-state index contributed by atoms with van der Waals surface area (Å²) in [4.78, 5) is 2.05. The summed E-state index contributed by atoms with van der Waals surface area (Å²) in [5.41, 5.74) is 6.07. The van der Waals surface area contributed by atoms with E-state index in [9.17, 15) is 0 Å². The number of nitrogen functional groups attached to an aromatic ring is 1. The maximum absolute atomic E-state index is 7.31. The van der Waals surface area contributed by atoms with Crippen LogP contribution in [-0.4, -0.2) is 38.0 Å². The number of amidine groups is 1. The number of ether oxygens (including phenoxy) is 1. The molecule has 16 heavy (non-hydrogen) atoms. The van der Waals surface area contributed by atoms with Crippen LogP contribution in [0.2, 0.25) is 0 Å². The summed E-state index contributed by atoms with van der Waals surface area (Å²) in [5, 5.41) is 7.31. The first-order valence-electron chi connectivity index (χ1n) is 4.92. The number of nitrogens with one attached hydrogen (secondary N) is 1. The van der Waals surface area contributed by atoms with Crippen LogP contribution in [0.3, 0.4) is 0 Å². The van der Waals surface area contributed by atoms with Gasteiger partial charge in [-0.25, -0.2) is 0 Å². The Morgan fingerprint density at radius 3 is 2.69 bits per heavy atom. The predicted octanol–water partition coefficient (Wildman–Crippen LogP) is 1.67. The van der Waals surface area contributed by atoms with Crippen LogP contribution in [0.4, 0.5) is 0 Å². The number of benzene rings is 1. The number of hydrogen-bond donors (Lipinski definition) is 2. The zero-order valence-electron chi connectivity index (χ0n) is 9.46. The number of halogens is 1. The summed E-state index contributed by atoms with van der Waals surface area (Å²) < 4.78 is 6.40. The molecular formula is C11H16BrN3O. The Kier molecular flexibility index (Phi) is 4.76. The maximum Gasteiger partial charge on any atom is 0.133 e. The molecule has 0 aliphatic carbocycles. The normalized spacial score (nSPS) is 10.5. The minimum atomic E-state index is 0.0561. The highest BCUT2D eigenvalue weighted by Crippen LogP contribution is 2.25. The molecule has 1 aromatic carbocycles. The lowest BCUT2D eigenvalue weighted by Crippen LogP contribution is -2.19. The van der Waals surface area contributed by atoms with E-state index >= 15 is 0 Å². The van der Waals surface area contributed by atoms with Crippen LogP contribution in [0.15, 0.2) is 22.7 Å². The van der Waals surface area contributed by atoms with Gasteiger partial charge in [-0.1, -0.05) is 0 Å². The topological polar surface area (TPSA) is 62.3 Å². The van der Waals surface area contributed by atoms with E-state index in [2.05, 4.69) is 20.8 Å². The number of likely N-dealkylation sites (N-methyl/N-ethyl adjacent to an activating group) is 1. The second kappa shape index (κ2) is 5.86. The van der Waals surface area contributed by atoms with Crippen molar-refractivity contribution in [3.05, 3.63) is 28.2 Å². The maximum atomic E-state index is 7.31. The van der Waals surface area contributed by atoms with Gasteiger partial charge in [0.15, 0.2) is 0 Å². The molecule has 1 aromatic rings. The van der Waals surface area contributed by atoms with Gasteiger partial charge in [-0.3, -0.25) is 5.41 Å². The van der Waals surface area contributed by atoms with Gasteiger partial charge in [-0.05, 0) is 48.2 Å². The van der Waals surface area contributed by atoms with Gasteiger partial charge in [-0.2, -0.15) is 0 Å². The number of nitrogens with zero attached hydrogens (tertiary/aromatic N) is 1. The fourth-order valence-electron chi connectivity index (χ4n) is 1.12. The monoisotopic (exact) mass is 285 g/mol. The summed E-state index contributed by atoms with van der Waals surface area (Å²) in [6, 6.07) is 5.38. The third-order valence-corrected chi connectivity index (χ3v) is 2.66. The quantitative estimate of drug-likeness (QED) is 0.639. The van der Waals surface area contributed by atoms with Crippen LogP contribution >= 0.6 is 15.9 Å². The second-order valence-corrected chi connectivity index (χ2v) is 4.56. The van der Waals surface area contributed by atoms with Crippen LogP contribution in [0, 0.1) is 5.41 Å². The summed E-state index contributed by atoms with van der Waals surface area (Å²) in [6.07, 6.45) is 0. The molecule has 4 nitrogen and oxygen atoms in total. The van der Waals surface area contributed by atoms with Crippen LogP contribution in [0.25, 0.3) is 0 Å². The minimum absolute atomic E-state index is 0.0561. The Balaban J connectivity index is 2.64. The highest BCUT2D eigenvalue weighted by atomic mass is 79.9. The van der Waals surface area contributed by atoms with Crippen molar-refractivity contribution >= 4 is 21.8 Å². The molecule has 3 N–H and O–H groups in total. The third-order valence-electron chi connectivity index (χ3n) is 2.04. The Hall–Kier alpha value is -1.07. The van der Waals surface area contributed by atoms with Gasteiger partial charge in [0.05, 0.1) is 4.47 Å². The Bertz CT molecular complexity index is 379. The van der Waals surface area contributed by atoms with Gasteiger partial charge >= 0.3 is 0 Å². The molecule has 0 amide bonds. The Labute approximate surface area is 104 Å². The average molecular weight is 286 g/mol. The lowest BCUT2D eigenvalue weighted by molar-refractivity contribution is 0.260. The van der Waals surface area contributed by atoms with Crippen molar-refractivity contribution < 1.29 is 4.74 Å². The average Bonchev–Trinajstić information content (AvgIpc) is 2.19. The van der Waals surface area contributed by atoms with Gasteiger partial charge < -0.3 is 15.4 Å². The molecular weight excluding hydrogens is 270 g/mol. The summed E-state index contributed by atoms with van der Waals surface area (Å²) in [7, 11) is 3.99. The van der Waals surface area contributed by atoms with Gasteiger partial charge in [0.2, 0.25) is 0 Å². The highest BCUT2D eigenvalue weighted by Gasteiger charge is 2.04. The molecule has 0 fully saturated rings. The molecule has 0 aliphatic heterocycles. The van der Waals surface area contributed by atoms with Crippen molar-refractivity contribution in [2.75, 3.05) is 27.2 Å². The van der Waals surface area contributed by atoms with Crippen molar-refractivity contribution in [3.8, 4) is 5.75 Å². The van der Waals surface area contributed by atoms with Crippen molar-refractivity contribution in [3.63, 3.8) is 0 Å². The van der Waals surface area contributed by atoms with E-state index in [1.165, 1.54) is 0 Å². The highest BCUT2D eigenvalue weighted by molar-refractivity contribution is 9.10. The van der Waals surface area contributed by atoms with E-state index in [-0.39, 0.29) is 5.84 Å². The van der Waals surface area contributed by atoms with E-state index in [1.807, 2.05) is 20.2 Å². The molecule has 5 heteroatoms. The molecule has 0 bridgehead atoms. The van der Waals surface area contributed by atoms with Gasteiger partial charge in [0, 0.05) is 12.1 Å². The fraction of sp³-hybridized carbons (Fsp3) is 0.364. The second-order valence-electron chi connectivity index (χ2n) is 3.71. The number of nitrogens with two attached hydrogens (primary N) is 1. The van der Waals surface area contributed by atoms with E-state index < -0.39 is 0 Å². The first kappa shape index (κ1) is 13.0. The molecule has 0 saturated carbocycles. The molecule has 0 aromatic heterocycles. The molecule has 0 aliphatic rings. The molecule has 0 heterocycles. The van der Waals surface area contributed by atoms with Crippen LogP contribution in [-0.2, 0) is 0 Å². The van der Waals surface area contributed by atoms with E-state index in [0.29, 0.717) is 12.2 Å². The summed E-state index contributed by atoms with van der Waals surface area (Å²) in [6.45, 7) is 1.49. The van der Waals surface area contributed by atoms with E-state index in [1.54, 1.807) is 12.1 Å². The van der Waals surface area contributed by atoms with Crippen molar-refractivity contribution in [2.24, 2.45) is 5.73 Å². The van der Waals surface area contributed by atoms with Crippen molar-refractivity contribution in [2.45, 2.75) is 0 Å².